The lowest BCUT2D eigenvalue weighted by Gasteiger charge is -2.20. The summed E-state index contributed by atoms with van der Waals surface area (Å²) in [4.78, 5) is 11.5. The zero-order chi connectivity index (χ0) is 15.8. The number of nitrogens with one attached hydrogen (secondary N) is 1. The van der Waals surface area contributed by atoms with Gasteiger partial charge in [0.15, 0.2) is 6.04 Å². The first-order valence-electron chi connectivity index (χ1n) is 6.60. The third kappa shape index (κ3) is 3.33. The van der Waals surface area contributed by atoms with E-state index in [1.165, 1.54) is 0 Å². The van der Waals surface area contributed by atoms with Crippen LogP contribution in [0.3, 0.4) is 0 Å². The first kappa shape index (κ1) is 15.7. The molecule has 1 aromatic heterocycles. The highest BCUT2D eigenvalue weighted by Crippen LogP contribution is 2.27. The van der Waals surface area contributed by atoms with Gasteiger partial charge in [0.25, 0.3) is 0 Å². The van der Waals surface area contributed by atoms with Gasteiger partial charge >= 0.3 is 5.97 Å². The number of furan rings is 1. The fourth-order valence-electron chi connectivity index (χ4n) is 1.88. The Balaban J connectivity index is 2.39. The number of carboxylic acids is 1. The normalized spacial score (nSPS) is 15.0. The first-order valence-corrected chi connectivity index (χ1v) is 7.75. The van der Waals surface area contributed by atoms with E-state index in [4.69, 9.17) is 4.42 Å². The zero-order valence-corrected chi connectivity index (χ0v) is 13.3. The average molecular weight is 309 g/mol. The van der Waals surface area contributed by atoms with E-state index in [0.717, 1.165) is 10.9 Å². The molecule has 2 atom stereocenters. The molecule has 1 unspecified atom stereocenters. The van der Waals surface area contributed by atoms with Crippen molar-refractivity contribution in [3.8, 4) is 0 Å². The standard InChI is InChI=1S/C15H19NO4S/c1-9-6-5-7-11-10(9)8-12(20-11)13(14(17)18)16-21(19)15(2,3)4/h5-8,13,16H,1-4H3,(H,17,18)/t13-,21?/m0/s1. The molecule has 0 radical (unpaired) electrons. The summed E-state index contributed by atoms with van der Waals surface area (Å²) in [5.74, 6) is -0.867. The number of aryl methyl sites for hydroxylation is 1. The lowest BCUT2D eigenvalue weighted by Crippen LogP contribution is -2.38. The van der Waals surface area contributed by atoms with E-state index in [1.54, 1.807) is 32.9 Å². The van der Waals surface area contributed by atoms with Gasteiger partial charge in [0, 0.05) is 5.39 Å². The Bertz CT molecular complexity index is 699. The van der Waals surface area contributed by atoms with Crippen molar-refractivity contribution in [2.45, 2.75) is 38.5 Å². The summed E-state index contributed by atoms with van der Waals surface area (Å²) in [5.41, 5.74) is 1.63. The second-order valence-corrected chi connectivity index (χ2v) is 7.90. The van der Waals surface area contributed by atoms with Gasteiger partial charge < -0.3 is 9.52 Å². The highest BCUT2D eigenvalue weighted by atomic mass is 32.2. The van der Waals surface area contributed by atoms with Gasteiger partial charge in [-0.25, -0.2) is 13.7 Å². The van der Waals surface area contributed by atoms with Crippen LogP contribution >= 0.6 is 0 Å². The highest BCUT2D eigenvalue weighted by molar-refractivity contribution is 7.84. The Labute approximate surface area is 125 Å². The van der Waals surface area contributed by atoms with Crippen molar-refractivity contribution in [2.75, 3.05) is 0 Å². The van der Waals surface area contributed by atoms with Crippen LogP contribution in [-0.4, -0.2) is 20.0 Å². The molecule has 21 heavy (non-hydrogen) atoms. The molecule has 0 aliphatic carbocycles. The van der Waals surface area contributed by atoms with E-state index in [-0.39, 0.29) is 5.76 Å². The minimum absolute atomic E-state index is 0.254. The Morgan fingerprint density at radius 1 is 1.38 bits per heavy atom. The second-order valence-electron chi connectivity index (χ2n) is 5.91. The quantitative estimate of drug-likeness (QED) is 0.910. The maximum absolute atomic E-state index is 12.1. The summed E-state index contributed by atoms with van der Waals surface area (Å²) >= 11 is 0. The molecule has 1 heterocycles. The average Bonchev–Trinajstić information content (AvgIpc) is 2.79. The summed E-state index contributed by atoms with van der Waals surface area (Å²) < 4.78 is 19.8. The number of rotatable bonds is 4. The van der Waals surface area contributed by atoms with Gasteiger partial charge in [-0.15, -0.1) is 0 Å². The van der Waals surface area contributed by atoms with Gasteiger partial charge in [-0.2, -0.15) is 0 Å². The summed E-state index contributed by atoms with van der Waals surface area (Å²) in [6, 6.07) is 6.11. The molecule has 0 bridgehead atoms. The third-order valence-electron chi connectivity index (χ3n) is 3.11. The van der Waals surface area contributed by atoms with Crippen molar-refractivity contribution in [3.63, 3.8) is 0 Å². The molecule has 2 N–H and O–H groups in total. The van der Waals surface area contributed by atoms with Crippen molar-refractivity contribution in [1.29, 1.82) is 0 Å². The molecule has 0 aliphatic rings. The topological polar surface area (TPSA) is 79.5 Å². The van der Waals surface area contributed by atoms with Crippen molar-refractivity contribution in [1.82, 2.24) is 4.72 Å². The van der Waals surface area contributed by atoms with Gasteiger partial charge in [-0.1, -0.05) is 12.1 Å². The smallest absolute Gasteiger partial charge is 0.329 e. The Morgan fingerprint density at radius 3 is 2.57 bits per heavy atom. The van der Waals surface area contributed by atoms with Crippen LogP contribution < -0.4 is 4.72 Å². The van der Waals surface area contributed by atoms with E-state index in [0.29, 0.717) is 5.58 Å². The second kappa shape index (κ2) is 5.61. The molecule has 6 heteroatoms. The number of fused-ring (bicyclic) bond motifs is 1. The van der Waals surface area contributed by atoms with Gasteiger partial charge in [-0.05, 0) is 45.4 Å². The number of aliphatic carboxylic acids is 1. The minimum atomic E-state index is -1.51. The van der Waals surface area contributed by atoms with Gasteiger partial charge in [0.1, 0.15) is 11.3 Å². The molecule has 0 saturated carbocycles. The summed E-state index contributed by atoms with van der Waals surface area (Å²) in [6.07, 6.45) is 0. The predicted octanol–water partition coefficient (Wildman–Crippen LogP) is 2.92. The maximum atomic E-state index is 12.1. The van der Waals surface area contributed by atoms with Crippen LogP contribution in [0.15, 0.2) is 28.7 Å². The van der Waals surface area contributed by atoms with Crippen molar-refractivity contribution in [3.05, 3.63) is 35.6 Å². The Morgan fingerprint density at radius 2 is 2.05 bits per heavy atom. The van der Waals surface area contributed by atoms with Crippen LogP contribution in [0.2, 0.25) is 0 Å². The van der Waals surface area contributed by atoms with Crippen LogP contribution in [-0.2, 0) is 15.8 Å². The molecule has 2 rings (SSSR count). The molecule has 0 aliphatic heterocycles. The van der Waals surface area contributed by atoms with E-state index in [2.05, 4.69) is 4.72 Å². The Kier molecular flexibility index (Phi) is 4.20. The SMILES string of the molecule is Cc1cccc2oc([C@H](NS(=O)C(C)(C)C)C(=O)O)cc12. The predicted molar refractivity (Wildman–Crippen MR) is 82.4 cm³/mol. The number of benzene rings is 1. The van der Waals surface area contributed by atoms with Crippen LogP contribution in [0.4, 0.5) is 0 Å². The fourth-order valence-corrected chi connectivity index (χ4v) is 2.67. The summed E-state index contributed by atoms with van der Waals surface area (Å²) in [7, 11) is -1.51. The van der Waals surface area contributed by atoms with E-state index in [1.807, 2.05) is 19.1 Å². The molecule has 0 spiro atoms. The Hall–Kier alpha value is -1.66. The lowest BCUT2D eigenvalue weighted by molar-refractivity contribution is -0.139. The van der Waals surface area contributed by atoms with Crippen molar-refractivity contribution < 1.29 is 18.5 Å². The number of hydrogen-bond acceptors (Lipinski definition) is 3. The van der Waals surface area contributed by atoms with Crippen LogP contribution in [0.5, 0.6) is 0 Å². The van der Waals surface area contributed by atoms with Gasteiger partial charge in [-0.3, -0.25) is 0 Å². The first-order chi connectivity index (χ1) is 9.70. The monoisotopic (exact) mass is 309 g/mol. The lowest BCUT2D eigenvalue weighted by atomic mass is 10.1. The van der Waals surface area contributed by atoms with E-state index in [9.17, 15) is 14.1 Å². The summed E-state index contributed by atoms with van der Waals surface area (Å²) in [5, 5.41) is 10.2. The molecule has 2 aromatic rings. The fraction of sp³-hybridized carbons (Fsp3) is 0.400. The number of hydrogen-bond donors (Lipinski definition) is 2. The molecule has 1 aromatic carbocycles. The summed E-state index contributed by atoms with van der Waals surface area (Å²) in [6.45, 7) is 7.26. The minimum Gasteiger partial charge on any atom is -0.480 e. The van der Waals surface area contributed by atoms with Crippen LogP contribution in [0.1, 0.15) is 38.1 Å². The van der Waals surface area contributed by atoms with E-state index >= 15 is 0 Å². The molecule has 0 amide bonds. The van der Waals surface area contributed by atoms with Crippen LogP contribution in [0.25, 0.3) is 11.0 Å². The molecule has 5 nitrogen and oxygen atoms in total. The van der Waals surface area contributed by atoms with Crippen molar-refractivity contribution in [2.24, 2.45) is 0 Å². The van der Waals surface area contributed by atoms with Crippen molar-refractivity contribution >= 4 is 27.9 Å². The maximum Gasteiger partial charge on any atom is 0.329 e. The molecular weight excluding hydrogens is 290 g/mol. The molecule has 0 saturated heterocycles. The number of carbonyl (C=O) groups is 1. The van der Waals surface area contributed by atoms with E-state index < -0.39 is 27.7 Å². The van der Waals surface area contributed by atoms with Gasteiger partial charge in [0.05, 0.1) is 15.7 Å². The molecule has 0 fully saturated rings. The van der Waals surface area contributed by atoms with Crippen LogP contribution in [0, 0.1) is 6.92 Å². The highest BCUT2D eigenvalue weighted by Gasteiger charge is 2.30. The molecule has 114 valence electrons. The van der Waals surface area contributed by atoms with Gasteiger partial charge in [0.2, 0.25) is 0 Å². The number of carboxylic acid groups (broad SMARTS) is 1. The largest absolute Gasteiger partial charge is 0.480 e. The molecular formula is C15H19NO4S. The zero-order valence-electron chi connectivity index (χ0n) is 12.5. The third-order valence-corrected chi connectivity index (χ3v) is 4.67.